The third-order valence-electron chi connectivity index (χ3n) is 2.19. The maximum atomic E-state index is 8.75. The van der Waals surface area contributed by atoms with Crippen LogP contribution < -0.4 is 0 Å². The fraction of sp³-hybridized carbons (Fsp3) is 0.444. The fourth-order valence-corrected chi connectivity index (χ4v) is 2.59. The average Bonchev–Trinajstić information content (AvgIpc) is 2.67. The highest BCUT2D eigenvalue weighted by Gasteiger charge is 2.24. The van der Waals surface area contributed by atoms with E-state index in [1.165, 1.54) is 0 Å². The second-order valence-corrected chi connectivity index (χ2v) is 4.29. The molecule has 2 rings (SSSR count). The SMILES string of the molecule is O/N=C1/CCC[C@@H]1Sc1ncccn1. The van der Waals surface area contributed by atoms with Crippen molar-refractivity contribution in [1.82, 2.24) is 9.97 Å². The number of oxime groups is 1. The molecule has 1 aliphatic rings. The van der Waals surface area contributed by atoms with Gasteiger partial charge in [-0.1, -0.05) is 16.9 Å². The van der Waals surface area contributed by atoms with Crippen molar-refractivity contribution in [2.24, 2.45) is 5.16 Å². The molecule has 1 saturated carbocycles. The molecule has 0 unspecified atom stereocenters. The molecule has 0 radical (unpaired) electrons. The van der Waals surface area contributed by atoms with E-state index in [4.69, 9.17) is 5.21 Å². The van der Waals surface area contributed by atoms with Gasteiger partial charge < -0.3 is 5.21 Å². The summed E-state index contributed by atoms with van der Waals surface area (Å²) >= 11 is 1.57. The lowest BCUT2D eigenvalue weighted by Crippen LogP contribution is -2.09. The van der Waals surface area contributed by atoms with Crippen LogP contribution in [0.25, 0.3) is 0 Å². The van der Waals surface area contributed by atoms with Crippen LogP contribution >= 0.6 is 11.8 Å². The first-order chi connectivity index (χ1) is 6.90. The lowest BCUT2D eigenvalue weighted by molar-refractivity contribution is 0.317. The van der Waals surface area contributed by atoms with Gasteiger partial charge in [0.05, 0.1) is 11.0 Å². The van der Waals surface area contributed by atoms with Crippen molar-refractivity contribution in [3.8, 4) is 0 Å². The monoisotopic (exact) mass is 209 g/mol. The van der Waals surface area contributed by atoms with E-state index < -0.39 is 0 Å². The molecule has 1 aliphatic carbocycles. The van der Waals surface area contributed by atoms with Crippen LogP contribution in [0.4, 0.5) is 0 Å². The lowest BCUT2D eigenvalue weighted by Gasteiger charge is -2.06. The van der Waals surface area contributed by atoms with Crippen LogP contribution in [0.3, 0.4) is 0 Å². The molecule has 14 heavy (non-hydrogen) atoms. The van der Waals surface area contributed by atoms with Gasteiger partial charge in [-0.15, -0.1) is 0 Å². The first-order valence-electron chi connectivity index (χ1n) is 4.54. The second-order valence-electron chi connectivity index (χ2n) is 3.12. The minimum atomic E-state index is 0.252. The van der Waals surface area contributed by atoms with Crippen LogP contribution in [0, 0.1) is 0 Å². The van der Waals surface area contributed by atoms with Crippen LogP contribution in [0.5, 0.6) is 0 Å². The molecule has 1 aromatic rings. The molecule has 1 aromatic heterocycles. The number of hydrogen-bond donors (Lipinski definition) is 1. The van der Waals surface area contributed by atoms with Crippen molar-refractivity contribution in [2.45, 2.75) is 29.7 Å². The van der Waals surface area contributed by atoms with E-state index in [0.717, 1.165) is 30.1 Å². The van der Waals surface area contributed by atoms with Gasteiger partial charge in [-0.05, 0) is 25.3 Å². The van der Waals surface area contributed by atoms with E-state index >= 15 is 0 Å². The number of rotatable bonds is 2. The molecular weight excluding hydrogens is 198 g/mol. The zero-order valence-corrected chi connectivity index (χ0v) is 8.44. The molecule has 74 valence electrons. The Labute approximate surface area is 86.5 Å². The van der Waals surface area contributed by atoms with Crippen LogP contribution in [0.2, 0.25) is 0 Å². The van der Waals surface area contributed by atoms with Crippen LogP contribution in [-0.4, -0.2) is 26.1 Å². The summed E-state index contributed by atoms with van der Waals surface area (Å²) < 4.78 is 0. The molecule has 0 spiro atoms. The number of hydrogen-bond acceptors (Lipinski definition) is 5. The maximum absolute atomic E-state index is 8.75. The third-order valence-corrected chi connectivity index (χ3v) is 3.40. The zero-order chi connectivity index (χ0) is 9.80. The highest BCUT2D eigenvalue weighted by Crippen LogP contribution is 2.30. The first-order valence-corrected chi connectivity index (χ1v) is 5.42. The Morgan fingerprint density at radius 3 is 2.93 bits per heavy atom. The van der Waals surface area contributed by atoms with E-state index in [-0.39, 0.29) is 5.25 Å². The fourth-order valence-electron chi connectivity index (χ4n) is 1.51. The number of thioether (sulfide) groups is 1. The highest BCUT2D eigenvalue weighted by molar-refractivity contribution is 8.00. The Hall–Kier alpha value is -1.10. The van der Waals surface area contributed by atoms with E-state index in [1.54, 1.807) is 30.2 Å². The molecule has 4 nitrogen and oxygen atoms in total. The molecule has 1 fully saturated rings. The zero-order valence-electron chi connectivity index (χ0n) is 7.63. The van der Waals surface area contributed by atoms with Crippen molar-refractivity contribution < 1.29 is 5.21 Å². The second kappa shape index (κ2) is 4.41. The Bertz CT molecular complexity index is 328. The summed E-state index contributed by atoms with van der Waals surface area (Å²) in [6.07, 6.45) is 6.47. The first kappa shape index (κ1) is 9.45. The standard InChI is InChI=1S/C9H11N3OS/c13-12-7-3-1-4-8(7)14-9-10-5-2-6-11-9/h2,5-6,8,13H,1,3-4H2/b12-7-/t8-/m0/s1. The Balaban J connectivity index is 2.04. The van der Waals surface area contributed by atoms with E-state index in [9.17, 15) is 0 Å². The third kappa shape index (κ3) is 2.04. The smallest absolute Gasteiger partial charge is 0.188 e. The van der Waals surface area contributed by atoms with Crippen molar-refractivity contribution >= 4 is 17.5 Å². The molecule has 0 aliphatic heterocycles. The summed E-state index contributed by atoms with van der Waals surface area (Å²) in [6.45, 7) is 0. The van der Waals surface area contributed by atoms with Gasteiger partial charge in [0, 0.05) is 12.4 Å². The minimum Gasteiger partial charge on any atom is -0.411 e. The van der Waals surface area contributed by atoms with Crippen molar-refractivity contribution in [1.29, 1.82) is 0 Å². The Morgan fingerprint density at radius 2 is 2.21 bits per heavy atom. The van der Waals surface area contributed by atoms with Crippen LogP contribution in [0.1, 0.15) is 19.3 Å². The summed E-state index contributed by atoms with van der Waals surface area (Å²) in [5.74, 6) is 0. The molecular formula is C9H11N3OS. The molecule has 1 N–H and O–H groups in total. The molecule has 1 heterocycles. The molecule has 5 heteroatoms. The van der Waals surface area contributed by atoms with E-state index in [1.807, 2.05) is 0 Å². The maximum Gasteiger partial charge on any atom is 0.188 e. The van der Waals surface area contributed by atoms with Crippen molar-refractivity contribution in [2.75, 3.05) is 0 Å². The summed E-state index contributed by atoms with van der Waals surface area (Å²) in [5, 5.41) is 13.1. The molecule has 0 bridgehead atoms. The largest absolute Gasteiger partial charge is 0.411 e. The molecule has 0 amide bonds. The number of aromatic nitrogens is 2. The Kier molecular flexibility index (Phi) is 2.98. The van der Waals surface area contributed by atoms with Gasteiger partial charge in [0.1, 0.15) is 0 Å². The van der Waals surface area contributed by atoms with Gasteiger partial charge >= 0.3 is 0 Å². The van der Waals surface area contributed by atoms with Crippen molar-refractivity contribution in [3.05, 3.63) is 18.5 Å². The topological polar surface area (TPSA) is 58.4 Å². The Morgan fingerprint density at radius 1 is 1.43 bits per heavy atom. The predicted molar refractivity (Wildman–Crippen MR) is 54.7 cm³/mol. The predicted octanol–water partition coefficient (Wildman–Crippen LogP) is 1.95. The highest BCUT2D eigenvalue weighted by atomic mass is 32.2. The normalized spacial score (nSPS) is 24.3. The van der Waals surface area contributed by atoms with Gasteiger partial charge in [-0.2, -0.15) is 0 Å². The summed E-state index contributed by atoms with van der Waals surface area (Å²) in [6, 6.07) is 1.79. The van der Waals surface area contributed by atoms with Gasteiger partial charge in [0.2, 0.25) is 0 Å². The van der Waals surface area contributed by atoms with Gasteiger partial charge in [0.25, 0.3) is 0 Å². The van der Waals surface area contributed by atoms with Gasteiger partial charge in [0.15, 0.2) is 5.16 Å². The summed E-state index contributed by atoms with van der Waals surface area (Å²) in [7, 11) is 0. The lowest BCUT2D eigenvalue weighted by atomic mass is 10.3. The number of nitrogens with zero attached hydrogens (tertiary/aromatic N) is 3. The summed E-state index contributed by atoms with van der Waals surface area (Å²) in [5.41, 5.74) is 0.863. The summed E-state index contributed by atoms with van der Waals surface area (Å²) in [4.78, 5) is 8.25. The molecule has 0 saturated heterocycles. The van der Waals surface area contributed by atoms with Gasteiger partial charge in [-0.3, -0.25) is 0 Å². The van der Waals surface area contributed by atoms with Gasteiger partial charge in [-0.25, -0.2) is 9.97 Å². The average molecular weight is 209 g/mol. The minimum absolute atomic E-state index is 0.252. The van der Waals surface area contributed by atoms with Crippen LogP contribution in [-0.2, 0) is 0 Å². The quantitative estimate of drug-likeness (QED) is 0.459. The van der Waals surface area contributed by atoms with Crippen LogP contribution in [0.15, 0.2) is 28.8 Å². The van der Waals surface area contributed by atoms with E-state index in [0.29, 0.717) is 0 Å². The molecule has 1 atom stereocenters. The molecule has 0 aromatic carbocycles. The van der Waals surface area contributed by atoms with Crippen molar-refractivity contribution in [3.63, 3.8) is 0 Å². The van der Waals surface area contributed by atoms with E-state index in [2.05, 4.69) is 15.1 Å².